The van der Waals surface area contributed by atoms with E-state index in [2.05, 4.69) is 5.32 Å². The van der Waals surface area contributed by atoms with Gasteiger partial charge in [0.2, 0.25) is 15.9 Å². The van der Waals surface area contributed by atoms with Crippen molar-refractivity contribution < 1.29 is 21.6 Å². The van der Waals surface area contributed by atoms with Crippen LogP contribution in [-0.2, 0) is 24.8 Å². The molecule has 31 heavy (non-hydrogen) atoms. The molecule has 0 saturated carbocycles. The lowest BCUT2D eigenvalue weighted by Crippen LogP contribution is -2.43. The molecule has 170 valence electrons. The van der Waals surface area contributed by atoms with Crippen molar-refractivity contribution >= 4 is 43.0 Å². The van der Waals surface area contributed by atoms with Crippen LogP contribution in [0.1, 0.15) is 26.7 Å². The molecule has 1 N–H and O–H groups in total. The Kier molecular flexibility index (Phi) is 7.53. The van der Waals surface area contributed by atoms with Crippen molar-refractivity contribution in [3.8, 4) is 0 Å². The van der Waals surface area contributed by atoms with E-state index < -0.39 is 26.0 Å². The highest BCUT2D eigenvalue weighted by Crippen LogP contribution is 2.27. The van der Waals surface area contributed by atoms with Crippen LogP contribution >= 0.6 is 11.3 Å². The summed E-state index contributed by atoms with van der Waals surface area (Å²) in [6, 6.07) is 9.30. The van der Waals surface area contributed by atoms with Gasteiger partial charge in [-0.2, -0.15) is 8.61 Å². The molecule has 0 radical (unpaired) electrons. The van der Waals surface area contributed by atoms with Gasteiger partial charge in [0.1, 0.15) is 4.21 Å². The molecular weight excluding hydrogens is 458 g/mol. The van der Waals surface area contributed by atoms with Gasteiger partial charge in [-0.25, -0.2) is 16.8 Å². The van der Waals surface area contributed by atoms with Crippen molar-refractivity contribution in [3.63, 3.8) is 0 Å². The number of carbonyl (C=O) groups excluding carboxylic acids is 1. The first-order chi connectivity index (χ1) is 14.7. The molecule has 11 heteroatoms. The number of hydrogen-bond donors (Lipinski definition) is 1. The molecule has 1 aromatic carbocycles. The van der Waals surface area contributed by atoms with Crippen molar-refractivity contribution in [3.05, 3.63) is 41.8 Å². The Morgan fingerprint density at radius 3 is 2.39 bits per heavy atom. The lowest BCUT2D eigenvalue weighted by atomic mass is 9.99. The molecule has 0 bridgehead atoms. The molecule has 1 unspecified atom stereocenters. The highest BCUT2D eigenvalue weighted by atomic mass is 32.2. The van der Waals surface area contributed by atoms with E-state index in [4.69, 9.17) is 0 Å². The van der Waals surface area contributed by atoms with Crippen LogP contribution in [0.25, 0.3) is 0 Å². The lowest BCUT2D eigenvalue weighted by Gasteiger charge is -2.30. The average molecular weight is 486 g/mol. The summed E-state index contributed by atoms with van der Waals surface area (Å²) in [6.45, 7) is 4.83. The number of piperidine rings is 1. The minimum atomic E-state index is -3.59. The molecule has 2 aromatic rings. The standard InChI is InChI=1S/C20H27N3O5S3/c1-3-22(4-2)30(25,26)18-11-9-17(10-12-18)21-20(24)16-7-5-13-23(15-16)31(27,28)19-8-6-14-29-19/h6,8-12,14,16H,3-5,7,13,15H2,1-2H3,(H,21,24). The van der Waals surface area contributed by atoms with E-state index in [9.17, 15) is 21.6 Å². The summed E-state index contributed by atoms with van der Waals surface area (Å²) in [7, 11) is -7.16. The van der Waals surface area contributed by atoms with Crippen LogP contribution in [-0.4, -0.2) is 57.5 Å². The van der Waals surface area contributed by atoms with E-state index >= 15 is 0 Å². The van der Waals surface area contributed by atoms with Crippen LogP contribution in [0, 0.1) is 5.92 Å². The number of nitrogens with one attached hydrogen (secondary N) is 1. The van der Waals surface area contributed by atoms with Crippen molar-refractivity contribution in [2.24, 2.45) is 5.92 Å². The fourth-order valence-corrected chi connectivity index (χ4v) is 7.71. The van der Waals surface area contributed by atoms with Crippen molar-refractivity contribution in [1.29, 1.82) is 0 Å². The van der Waals surface area contributed by atoms with Crippen LogP contribution in [0.15, 0.2) is 50.9 Å². The van der Waals surface area contributed by atoms with E-state index in [1.807, 2.05) is 0 Å². The molecule has 0 spiro atoms. The van der Waals surface area contributed by atoms with E-state index in [0.29, 0.717) is 38.2 Å². The first kappa shape index (κ1) is 23.9. The maximum absolute atomic E-state index is 12.8. The molecule has 1 aliphatic heterocycles. The quantitative estimate of drug-likeness (QED) is 0.619. The maximum atomic E-state index is 12.8. The van der Waals surface area contributed by atoms with Gasteiger partial charge in [0.15, 0.2) is 0 Å². The van der Waals surface area contributed by atoms with Gasteiger partial charge in [-0.15, -0.1) is 11.3 Å². The molecule has 1 amide bonds. The van der Waals surface area contributed by atoms with E-state index in [1.54, 1.807) is 43.5 Å². The Bertz CT molecular complexity index is 1090. The third-order valence-corrected chi connectivity index (χ3v) is 10.6. The second-order valence-electron chi connectivity index (χ2n) is 7.24. The third-order valence-electron chi connectivity index (χ3n) is 5.31. The van der Waals surface area contributed by atoms with Crippen LogP contribution in [0.3, 0.4) is 0 Å². The number of anilines is 1. The van der Waals surface area contributed by atoms with Gasteiger partial charge in [0, 0.05) is 31.9 Å². The predicted octanol–water partition coefficient (Wildman–Crippen LogP) is 2.82. The molecule has 0 aliphatic carbocycles. The highest BCUT2D eigenvalue weighted by Gasteiger charge is 2.34. The van der Waals surface area contributed by atoms with Crippen LogP contribution in [0.5, 0.6) is 0 Å². The summed E-state index contributed by atoms with van der Waals surface area (Å²) in [5.41, 5.74) is 0.474. The summed E-state index contributed by atoms with van der Waals surface area (Å²) < 4.78 is 53.7. The summed E-state index contributed by atoms with van der Waals surface area (Å²) in [4.78, 5) is 12.9. The van der Waals surface area contributed by atoms with Crippen LogP contribution in [0.4, 0.5) is 5.69 Å². The number of rotatable bonds is 8. The summed E-state index contributed by atoms with van der Waals surface area (Å²) >= 11 is 1.16. The Hall–Kier alpha value is -1.79. The average Bonchev–Trinajstić information content (AvgIpc) is 3.31. The first-order valence-corrected chi connectivity index (χ1v) is 13.9. The number of sulfonamides is 2. The molecule has 1 atom stereocenters. The maximum Gasteiger partial charge on any atom is 0.252 e. The van der Waals surface area contributed by atoms with E-state index in [-0.39, 0.29) is 21.6 Å². The second kappa shape index (κ2) is 9.78. The molecule has 8 nitrogen and oxygen atoms in total. The monoisotopic (exact) mass is 485 g/mol. The zero-order valence-electron chi connectivity index (χ0n) is 17.5. The van der Waals surface area contributed by atoms with Gasteiger partial charge in [0.25, 0.3) is 10.0 Å². The van der Waals surface area contributed by atoms with Crippen LogP contribution < -0.4 is 5.32 Å². The molecule has 1 aromatic heterocycles. The highest BCUT2D eigenvalue weighted by molar-refractivity contribution is 7.91. The topological polar surface area (TPSA) is 104 Å². The van der Waals surface area contributed by atoms with Gasteiger partial charge in [-0.1, -0.05) is 19.9 Å². The van der Waals surface area contributed by atoms with Gasteiger partial charge >= 0.3 is 0 Å². The summed E-state index contributed by atoms with van der Waals surface area (Å²) in [5, 5.41) is 4.50. The SMILES string of the molecule is CCN(CC)S(=O)(=O)c1ccc(NC(=O)C2CCCN(S(=O)(=O)c3cccs3)C2)cc1. The zero-order valence-corrected chi connectivity index (χ0v) is 20.0. The van der Waals surface area contributed by atoms with E-state index in [1.165, 1.54) is 20.7 Å². The Morgan fingerprint density at radius 1 is 1.13 bits per heavy atom. The summed E-state index contributed by atoms with van der Waals surface area (Å²) in [6.07, 6.45) is 1.19. The van der Waals surface area contributed by atoms with Gasteiger partial charge < -0.3 is 5.32 Å². The predicted molar refractivity (Wildman–Crippen MR) is 121 cm³/mol. The fourth-order valence-electron chi connectivity index (χ4n) is 3.58. The smallest absolute Gasteiger partial charge is 0.252 e. The van der Waals surface area contributed by atoms with Crippen LogP contribution in [0.2, 0.25) is 0 Å². The first-order valence-electron chi connectivity index (χ1n) is 10.1. The number of carbonyl (C=O) groups is 1. The Morgan fingerprint density at radius 2 is 1.81 bits per heavy atom. The van der Waals surface area contributed by atoms with E-state index in [0.717, 1.165) is 11.3 Å². The largest absolute Gasteiger partial charge is 0.326 e. The zero-order chi connectivity index (χ0) is 22.6. The molecule has 3 rings (SSSR count). The lowest BCUT2D eigenvalue weighted by molar-refractivity contribution is -0.120. The Balaban J connectivity index is 1.67. The molecule has 2 heterocycles. The van der Waals surface area contributed by atoms with Gasteiger partial charge in [0.05, 0.1) is 10.8 Å². The minimum Gasteiger partial charge on any atom is -0.326 e. The number of amides is 1. The number of benzene rings is 1. The number of thiophene rings is 1. The van der Waals surface area contributed by atoms with Gasteiger partial charge in [-0.05, 0) is 48.6 Å². The second-order valence-corrected chi connectivity index (χ2v) is 12.3. The molecule has 1 fully saturated rings. The molecular formula is C20H27N3O5S3. The minimum absolute atomic E-state index is 0.125. The van der Waals surface area contributed by atoms with Crippen molar-refractivity contribution in [2.75, 3.05) is 31.5 Å². The fraction of sp³-hybridized carbons (Fsp3) is 0.450. The molecule has 1 saturated heterocycles. The Labute approximate surface area is 188 Å². The molecule has 1 aliphatic rings. The van der Waals surface area contributed by atoms with Crippen molar-refractivity contribution in [2.45, 2.75) is 35.8 Å². The third kappa shape index (κ3) is 5.17. The summed E-state index contributed by atoms with van der Waals surface area (Å²) in [5.74, 6) is -0.743. The number of hydrogen-bond acceptors (Lipinski definition) is 6. The van der Waals surface area contributed by atoms with Crippen molar-refractivity contribution in [1.82, 2.24) is 8.61 Å². The number of nitrogens with zero attached hydrogens (tertiary/aromatic N) is 2. The normalized spacial score (nSPS) is 18.2. The van der Waals surface area contributed by atoms with Gasteiger partial charge in [-0.3, -0.25) is 4.79 Å².